The number of nitrogens with one attached hydrogen (secondary N) is 1. The van der Waals surface area contributed by atoms with Crippen molar-refractivity contribution in [2.75, 3.05) is 27.2 Å². The van der Waals surface area contributed by atoms with Gasteiger partial charge in [0.15, 0.2) is 0 Å². The van der Waals surface area contributed by atoms with E-state index in [4.69, 9.17) is 0 Å². The maximum absolute atomic E-state index is 13.7. The standard InChI is InChI=1S/C25H31F2N3O2/c1-17-5-6-18(15-22(17)27)16-28-23(31)19-11-13-30(14-12-19)24(32)25(2,29(3)4)20-7-9-21(26)10-8-20/h5-10,15,19H,11-14,16H2,1-4H3,(H,28,31)/t25-/m1/s1. The van der Waals surface area contributed by atoms with Gasteiger partial charge in [-0.15, -0.1) is 0 Å². The second-order valence-corrected chi connectivity index (χ2v) is 8.84. The molecule has 1 aliphatic heterocycles. The molecule has 2 aromatic carbocycles. The van der Waals surface area contributed by atoms with E-state index in [1.54, 1.807) is 36.1 Å². The van der Waals surface area contributed by atoms with Gasteiger partial charge in [-0.1, -0.05) is 24.3 Å². The first-order valence-electron chi connectivity index (χ1n) is 10.9. The third kappa shape index (κ3) is 4.99. The molecule has 0 aromatic heterocycles. The third-order valence-corrected chi connectivity index (χ3v) is 6.57. The van der Waals surface area contributed by atoms with Crippen LogP contribution in [0.5, 0.6) is 0 Å². The SMILES string of the molecule is Cc1ccc(CNC(=O)C2CCN(C(=O)[C@@](C)(c3ccc(F)cc3)N(C)C)CC2)cc1F. The molecule has 0 radical (unpaired) electrons. The number of likely N-dealkylation sites (N-methyl/N-ethyl adjacent to an activating group) is 1. The summed E-state index contributed by atoms with van der Waals surface area (Å²) in [6.45, 7) is 4.76. The molecule has 7 heteroatoms. The van der Waals surface area contributed by atoms with E-state index in [2.05, 4.69) is 5.32 Å². The predicted octanol–water partition coefficient (Wildman–Crippen LogP) is 3.61. The number of likely N-dealkylation sites (tertiary alicyclic amines) is 1. The zero-order chi connectivity index (χ0) is 23.5. The van der Waals surface area contributed by atoms with Crippen LogP contribution in [0.4, 0.5) is 8.78 Å². The molecule has 2 aromatic rings. The number of carbonyl (C=O) groups excluding carboxylic acids is 2. The molecular weight excluding hydrogens is 412 g/mol. The molecule has 1 atom stereocenters. The van der Waals surface area contributed by atoms with Crippen molar-refractivity contribution in [1.82, 2.24) is 15.1 Å². The van der Waals surface area contributed by atoms with Crippen molar-refractivity contribution in [3.8, 4) is 0 Å². The van der Waals surface area contributed by atoms with Crippen molar-refractivity contribution in [3.63, 3.8) is 0 Å². The van der Waals surface area contributed by atoms with Crippen LogP contribution in [-0.2, 0) is 21.7 Å². The smallest absolute Gasteiger partial charge is 0.247 e. The molecule has 32 heavy (non-hydrogen) atoms. The molecular formula is C25H31F2N3O2. The van der Waals surface area contributed by atoms with Gasteiger partial charge < -0.3 is 10.2 Å². The normalized spacial score (nSPS) is 16.7. The summed E-state index contributed by atoms with van der Waals surface area (Å²) in [5.74, 6) is -0.961. The number of rotatable bonds is 6. The van der Waals surface area contributed by atoms with Crippen LogP contribution >= 0.6 is 0 Å². The van der Waals surface area contributed by atoms with Crippen LogP contribution in [0.2, 0.25) is 0 Å². The summed E-state index contributed by atoms with van der Waals surface area (Å²) in [7, 11) is 3.66. The number of nitrogens with zero attached hydrogens (tertiary/aromatic N) is 2. The highest BCUT2D eigenvalue weighted by atomic mass is 19.1. The summed E-state index contributed by atoms with van der Waals surface area (Å²) in [6, 6.07) is 10.9. The largest absolute Gasteiger partial charge is 0.352 e. The minimum absolute atomic E-state index is 0.0666. The molecule has 1 heterocycles. The highest BCUT2D eigenvalue weighted by molar-refractivity contribution is 5.88. The monoisotopic (exact) mass is 443 g/mol. The summed E-state index contributed by atoms with van der Waals surface area (Å²) >= 11 is 0. The van der Waals surface area contributed by atoms with Crippen molar-refractivity contribution in [2.45, 2.75) is 38.8 Å². The van der Waals surface area contributed by atoms with E-state index >= 15 is 0 Å². The van der Waals surface area contributed by atoms with E-state index in [1.165, 1.54) is 18.2 Å². The Labute approximate surface area is 188 Å². The maximum atomic E-state index is 13.7. The maximum Gasteiger partial charge on any atom is 0.247 e. The van der Waals surface area contributed by atoms with Crippen LogP contribution in [0.1, 0.15) is 36.5 Å². The minimum atomic E-state index is -0.932. The highest BCUT2D eigenvalue weighted by Crippen LogP contribution is 2.31. The average molecular weight is 444 g/mol. The van der Waals surface area contributed by atoms with E-state index in [-0.39, 0.29) is 35.9 Å². The summed E-state index contributed by atoms with van der Waals surface area (Å²) in [5, 5.41) is 2.89. The number of hydrogen-bond donors (Lipinski definition) is 1. The van der Waals surface area contributed by atoms with Gasteiger partial charge in [0, 0.05) is 25.6 Å². The van der Waals surface area contributed by atoms with Crippen LogP contribution in [0.25, 0.3) is 0 Å². The molecule has 0 unspecified atom stereocenters. The number of benzene rings is 2. The molecule has 1 aliphatic rings. The molecule has 0 bridgehead atoms. The van der Waals surface area contributed by atoms with Crippen LogP contribution < -0.4 is 5.32 Å². The van der Waals surface area contributed by atoms with Gasteiger partial charge >= 0.3 is 0 Å². The van der Waals surface area contributed by atoms with Crippen LogP contribution in [-0.4, -0.2) is 48.8 Å². The third-order valence-electron chi connectivity index (χ3n) is 6.57. The van der Waals surface area contributed by atoms with Gasteiger partial charge in [-0.3, -0.25) is 14.5 Å². The molecule has 2 amide bonds. The Morgan fingerprint density at radius 2 is 1.72 bits per heavy atom. The molecule has 0 spiro atoms. The Morgan fingerprint density at radius 3 is 2.28 bits per heavy atom. The lowest BCUT2D eigenvalue weighted by atomic mass is 9.87. The summed E-state index contributed by atoms with van der Waals surface area (Å²) in [6.07, 6.45) is 1.12. The van der Waals surface area contributed by atoms with E-state index in [9.17, 15) is 18.4 Å². The zero-order valence-corrected chi connectivity index (χ0v) is 19.1. The fraction of sp³-hybridized carbons (Fsp3) is 0.440. The number of halogens is 2. The van der Waals surface area contributed by atoms with Crippen LogP contribution in [0, 0.1) is 24.5 Å². The lowest BCUT2D eigenvalue weighted by Crippen LogP contribution is -2.55. The van der Waals surface area contributed by atoms with E-state index in [0.29, 0.717) is 31.5 Å². The average Bonchev–Trinajstić information content (AvgIpc) is 2.79. The Kier molecular flexibility index (Phi) is 7.29. The second kappa shape index (κ2) is 9.77. The lowest BCUT2D eigenvalue weighted by molar-refractivity contribution is -0.145. The number of carbonyl (C=O) groups is 2. The number of piperidine rings is 1. The number of aryl methyl sites for hydroxylation is 1. The summed E-state index contributed by atoms with van der Waals surface area (Å²) in [4.78, 5) is 29.7. The summed E-state index contributed by atoms with van der Waals surface area (Å²) < 4.78 is 27.1. The van der Waals surface area contributed by atoms with E-state index in [1.807, 2.05) is 25.9 Å². The number of amides is 2. The first-order chi connectivity index (χ1) is 15.1. The fourth-order valence-electron chi connectivity index (χ4n) is 4.08. The molecule has 3 rings (SSSR count). The van der Waals surface area contributed by atoms with Gasteiger partial charge in [-0.2, -0.15) is 0 Å². The molecule has 172 valence electrons. The van der Waals surface area contributed by atoms with Gasteiger partial charge in [0.05, 0.1) is 0 Å². The zero-order valence-electron chi connectivity index (χ0n) is 19.1. The molecule has 1 fully saturated rings. The van der Waals surface area contributed by atoms with Crippen molar-refractivity contribution in [2.24, 2.45) is 5.92 Å². The minimum Gasteiger partial charge on any atom is -0.352 e. The summed E-state index contributed by atoms with van der Waals surface area (Å²) in [5.41, 5.74) is 1.08. The Hall–Kier alpha value is -2.80. The molecule has 1 saturated heterocycles. The highest BCUT2D eigenvalue weighted by Gasteiger charge is 2.42. The molecule has 1 N–H and O–H groups in total. The van der Waals surface area contributed by atoms with Gasteiger partial charge in [-0.05, 0) is 75.7 Å². The topological polar surface area (TPSA) is 52.7 Å². The number of hydrogen-bond acceptors (Lipinski definition) is 3. The quantitative estimate of drug-likeness (QED) is 0.742. The van der Waals surface area contributed by atoms with Crippen molar-refractivity contribution in [3.05, 3.63) is 70.8 Å². The predicted molar refractivity (Wildman–Crippen MR) is 120 cm³/mol. The van der Waals surface area contributed by atoms with Crippen molar-refractivity contribution >= 4 is 11.8 Å². The van der Waals surface area contributed by atoms with E-state index in [0.717, 1.165) is 11.1 Å². The molecule has 0 aliphatic carbocycles. The van der Waals surface area contributed by atoms with E-state index < -0.39 is 5.54 Å². The molecule has 5 nitrogen and oxygen atoms in total. The Bertz CT molecular complexity index is 970. The first kappa shape index (κ1) is 23.9. The van der Waals surface area contributed by atoms with Crippen LogP contribution in [0.3, 0.4) is 0 Å². The van der Waals surface area contributed by atoms with Crippen molar-refractivity contribution < 1.29 is 18.4 Å². The second-order valence-electron chi connectivity index (χ2n) is 8.84. The molecule has 0 saturated carbocycles. The van der Waals surface area contributed by atoms with Gasteiger partial charge in [0.25, 0.3) is 0 Å². The van der Waals surface area contributed by atoms with Gasteiger partial charge in [0.1, 0.15) is 17.2 Å². The van der Waals surface area contributed by atoms with Crippen molar-refractivity contribution in [1.29, 1.82) is 0 Å². The Morgan fingerprint density at radius 1 is 1.09 bits per heavy atom. The van der Waals surface area contributed by atoms with Gasteiger partial charge in [0.2, 0.25) is 11.8 Å². The lowest BCUT2D eigenvalue weighted by Gasteiger charge is -2.41. The first-order valence-corrected chi connectivity index (χ1v) is 10.9. The fourth-order valence-corrected chi connectivity index (χ4v) is 4.08. The van der Waals surface area contributed by atoms with Crippen LogP contribution in [0.15, 0.2) is 42.5 Å². The Balaban J connectivity index is 1.59. The van der Waals surface area contributed by atoms with Gasteiger partial charge in [-0.25, -0.2) is 8.78 Å².